The highest BCUT2D eigenvalue weighted by Gasteiger charge is 2.45. The van der Waals surface area contributed by atoms with E-state index in [4.69, 9.17) is 4.74 Å². The van der Waals surface area contributed by atoms with E-state index >= 15 is 0 Å². The predicted octanol–water partition coefficient (Wildman–Crippen LogP) is 1.63. The van der Waals surface area contributed by atoms with Crippen LogP contribution in [-0.4, -0.2) is 54.0 Å². The lowest BCUT2D eigenvalue weighted by Gasteiger charge is -2.27. The molecule has 7 nitrogen and oxygen atoms in total. The Kier molecular flexibility index (Phi) is 5.09. The SMILES string of the molecule is CCOC(=O)C(C)(CCN1Cc2cc(I)cn2C1=O)S(C)(=O)=O. The first-order chi connectivity index (χ1) is 10.6. The summed E-state index contributed by atoms with van der Waals surface area (Å²) in [5.74, 6) is -0.775. The molecule has 0 fully saturated rings. The van der Waals surface area contributed by atoms with E-state index in [1.54, 1.807) is 17.7 Å². The summed E-state index contributed by atoms with van der Waals surface area (Å²) >= 11 is 2.13. The van der Waals surface area contributed by atoms with E-state index in [1.807, 2.05) is 6.07 Å². The molecule has 1 amide bonds. The van der Waals surface area contributed by atoms with Crippen LogP contribution in [-0.2, 0) is 25.9 Å². The van der Waals surface area contributed by atoms with Crippen molar-refractivity contribution in [2.45, 2.75) is 31.6 Å². The maximum Gasteiger partial charge on any atom is 0.328 e. The fourth-order valence-corrected chi connectivity index (χ4v) is 3.89. The molecule has 128 valence electrons. The molecular weight excluding hydrogens is 435 g/mol. The van der Waals surface area contributed by atoms with Gasteiger partial charge in [0.1, 0.15) is 0 Å². The molecule has 0 spiro atoms. The quantitative estimate of drug-likeness (QED) is 0.482. The van der Waals surface area contributed by atoms with Crippen molar-refractivity contribution in [2.75, 3.05) is 19.4 Å². The molecule has 1 aromatic rings. The third-order valence-corrected chi connectivity index (χ3v) is 6.68. The number of hydrogen-bond donors (Lipinski definition) is 0. The van der Waals surface area contributed by atoms with Crippen LogP contribution < -0.4 is 0 Å². The molecule has 0 saturated carbocycles. The number of halogens is 1. The van der Waals surface area contributed by atoms with E-state index < -0.39 is 20.6 Å². The largest absolute Gasteiger partial charge is 0.465 e. The van der Waals surface area contributed by atoms with Crippen LogP contribution in [0.5, 0.6) is 0 Å². The molecule has 0 N–H and O–H groups in total. The second kappa shape index (κ2) is 6.42. The molecule has 1 unspecified atom stereocenters. The molecule has 23 heavy (non-hydrogen) atoms. The third-order valence-electron chi connectivity index (χ3n) is 4.08. The van der Waals surface area contributed by atoms with Gasteiger partial charge in [-0.1, -0.05) is 0 Å². The summed E-state index contributed by atoms with van der Waals surface area (Å²) < 4.78 is 29.9. The molecule has 2 heterocycles. The Labute approximate surface area is 149 Å². The average Bonchev–Trinajstić information content (AvgIpc) is 2.93. The number of amides is 1. The van der Waals surface area contributed by atoms with Crippen molar-refractivity contribution in [3.8, 4) is 0 Å². The Morgan fingerprint density at radius 2 is 2.13 bits per heavy atom. The number of sulfone groups is 1. The molecule has 9 heteroatoms. The molecule has 0 saturated heterocycles. The van der Waals surface area contributed by atoms with Gasteiger partial charge < -0.3 is 9.64 Å². The first kappa shape index (κ1) is 18.2. The van der Waals surface area contributed by atoms with Crippen molar-refractivity contribution in [2.24, 2.45) is 0 Å². The number of rotatable bonds is 6. The summed E-state index contributed by atoms with van der Waals surface area (Å²) in [5, 5.41) is 0. The van der Waals surface area contributed by atoms with Gasteiger partial charge in [0.15, 0.2) is 14.6 Å². The number of nitrogens with zero attached hydrogens (tertiary/aromatic N) is 2. The molecule has 0 aromatic carbocycles. The van der Waals surface area contributed by atoms with Crippen LogP contribution in [0.15, 0.2) is 12.3 Å². The number of esters is 1. The minimum Gasteiger partial charge on any atom is -0.465 e. The summed E-state index contributed by atoms with van der Waals surface area (Å²) in [4.78, 5) is 25.9. The fraction of sp³-hybridized carbons (Fsp3) is 0.571. The molecule has 2 rings (SSSR count). The van der Waals surface area contributed by atoms with E-state index in [0.29, 0.717) is 6.54 Å². The summed E-state index contributed by atoms with van der Waals surface area (Å²) in [6.45, 7) is 3.66. The molecule has 0 bridgehead atoms. The standard InChI is InChI=1S/C14H19IN2O5S/c1-4-22-12(18)14(2,23(3,20)21)5-6-16-9-11-7-10(15)8-17(11)13(16)19/h7-8H,4-6,9H2,1-3H3. The summed E-state index contributed by atoms with van der Waals surface area (Å²) in [5.41, 5.74) is 0.858. The van der Waals surface area contributed by atoms with Gasteiger partial charge in [0.25, 0.3) is 0 Å². The van der Waals surface area contributed by atoms with Crippen LogP contribution >= 0.6 is 22.6 Å². The van der Waals surface area contributed by atoms with E-state index in [-0.39, 0.29) is 25.6 Å². The minimum absolute atomic E-state index is 0.00165. The fourth-order valence-electron chi connectivity index (χ4n) is 2.43. The van der Waals surface area contributed by atoms with Crippen LogP contribution in [0.2, 0.25) is 0 Å². The number of carbonyl (C=O) groups is 2. The second-order valence-corrected chi connectivity index (χ2v) is 9.39. The van der Waals surface area contributed by atoms with Crippen LogP contribution in [0.1, 0.15) is 26.0 Å². The van der Waals surface area contributed by atoms with E-state index in [1.165, 1.54) is 11.8 Å². The predicted molar refractivity (Wildman–Crippen MR) is 92.9 cm³/mol. The number of carbonyl (C=O) groups excluding carboxylic acids is 2. The van der Waals surface area contributed by atoms with Crippen LogP contribution in [0.25, 0.3) is 0 Å². The zero-order valence-corrected chi connectivity index (χ0v) is 16.2. The lowest BCUT2D eigenvalue weighted by atomic mass is 10.1. The summed E-state index contributed by atoms with van der Waals surface area (Å²) in [6.07, 6.45) is 2.75. The van der Waals surface area contributed by atoms with Gasteiger partial charge in [-0.15, -0.1) is 0 Å². The molecule has 0 aliphatic carbocycles. The molecule has 1 aliphatic heterocycles. The lowest BCUT2D eigenvalue weighted by molar-refractivity contribution is -0.146. The van der Waals surface area contributed by atoms with Gasteiger partial charge in [-0.05, 0) is 48.9 Å². The lowest BCUT2D eigenvalue weighted by Crippen LogP contribution is -2.47. The maximum absolute atomic E-state index is 12.3. The van der Waals surface area contributed by atoms with Crippen molar-refractivity contribution in [3.63, 3.8) is 0 Å². The van der Waals surface area contributed by atoms with Crippen molar-refractivity contribution < 1.29 is 22.7 Å². The molecule has 1 aromatic heterocycles. The van der Waals surface area contributed by atoms with Crippen molar-refractivity contribution in [3.05, 3.63) is 21.5 Å². The van der Waals surface area contributed by atoms with Crippen LogP contribution in [0.4, 0.5) is 4.79 Å². The highest BCUT2D eigenvalue weighted by molar-refractivity contribution is 14.1. The van der Waals surface area contributed by atoms with Gasteiger partial charge in [0.2, 0.25) is 0 Å². The summed E-state index contributed by atoms with van der Waals surface area (Å²) in [7, 11) is -3.68. The topological polar surface area (TPSA) is 85.7 Å². The first-order valence-electron chi connectivity index (χ1n) is 7.13. The second-order valence-electron chi connectivity index (χ2n) is 5.70. The number of aromatic nitrogens is 1. The number of fused-ring (bicyclic) bond motifs is 1. The molecule has 1 atom stereocenters. The monoisotopic (exact) mass is 454 g/mol. The Hall–Kier alpha value is -1.10. The first-order valence-corrected chi connectivity index (χ1v) is 10.1. The van der Waals surface area contributed by atoms with Gasteiger partial charge in [-0.25, -0.2) is 13.2 Å². The van der Waals surface area contributed by atoms with E-state index in [9.17, 15) is 18.0 Å². The smallest absolute Gasteiger partial charge is 0.328 e. The van der Waals surface area contributed by atoms with E-state index in [2.05, 4.69) is 22.6 Å². The minimum atomic E-state index is -3.68. The summed E-state index contributed by atoms with van der Waals surface area (Å²) in [6, 6.07) is 1.70. The van der Waals surface area contributed by atoms with E-state index in [0.717, 1.165) is 15.5 Å². The zero-order valence-electron chi connectivity index (χ0n) is 13.2. The zero-order chi connectivity index (χ0) is 17.4. The molecule has 1 aliphatic rings. The van der Waals surface area contributed by atoms with Gasteiger partial charge in [-0.2, -0.15) is 0 Å². The van der Waals surface area contributed by atoms with Gasteiger partial charge in [0.05, 0.1) is 13.2 Å². The van der Waals surface area contributed by atoms with Gasteiger partial charge in [-0.3, -0.25) is 9.36 Å². The Morgan fingerprint density at radius 3 is 2.65 bits per heavy atom. The van der Waals surface area contributed by atoms with Gasteiger partial charge >= 0.3 is 12.0 Å². The maximum atomic E-state index is 12.3. The van der Waals surface area contributed by atoms with Crippen molar-refractivity contribution >= 4 is 44.4 Å². The highest BCUT2D eigenvalue weighted by Crippen LogP contribution is 2.26. The van der Waals surface area contributed by atoms with Crippen LogP contribution in [0.3, 0.4) is 0 Å². The Bertz CT molecular complexity index is 742. The highest BCUT2D eigenvalue weighted by atomic mass is 127. The van der Waals surface area contributed by atoms with Crippen molar-refractivity contribution in [1.29, 1.82) is 0 Å². The third kappa shape index (κ3) is 3.39. The van der Waals surface area contributed by atoms with Crippen molar-refractivity contribution in [1.82, 2.24) is 9.47 Å². The van der Waals surface area contributed by atoms with Gasteiger partial charge in [0, 0.05) is 28.3 Å². The number of ether oxygens (including phenoxy) is 1. The van der Waals surface area contributed by atoms with Crippen LogP contribution in [0, 0.1) is 3.57 Å². The Morgan fingerprint density at radius 1 is 1.48 bits per heavy atom. The molecular formula is C14H19IN2O5S. The molecule has 0 radical (unpaired) electrons. The average molecular weight is 454 g/mol. The Balaban J connectivity index is 2.13. The normalized spacial score (nSPS) is 17.0. The number of hydrogen-bond acceptors (Lipinski definition) is 5.